The molecule has 1 unspecified atom stereocenters. The SMILES string of the molecule is CCC(C)Oc1c(Cl)cc(C=C2SC(=Nc3ccccc3)N(CCCOC)C2=O)cc1OC. The molecule has 176 valence electrons. The molecule has 1 amide bonds. The minimum Gasteiger partial charge on any atom is -0.493 e. The first-order valence-electron chi connectivity index (χ1n) is 10.8. The fourth-order valence-electron chi connectivity index (χ4n) is 3.14. The molecule has 1 atom stereocenters. The Morgan fingerprint density at radius 2 is 1.97 bits per heavy atom. The Balaban J connectivity index is 1.93. The number of methoxy groups -OCH3 is 2. The maximum atomic E-state index is 13.2. The normalized spacial score (nSPS) is 17.1. The van der Waals surface area contributed by atoms with Crippen molar-refractivity contribution in [1.82, 2.24) is 4.90 Å². The second-order valence-electron chi connectivity index (χ2n) is 7.51. The number of thioether (sulfide) groups is 1. The topological polar surface area (TPSA) is 60.4 Å². The van der Waals surface area contributed by atoms with Crippen LogP contribution in [-0.4, -0.2) is 49.4 Å². The highest BCUT2D eigenvalue weighted by Gasteiger charge is 2.33. The van der Waals surface area contributed by atoms with Gasteiger partial charge in [0.25, 0.3) is 5.91 Å². The number of nitrogens with zero attached hydrogens (tertiary/aromatic N) is 2. The summed E-state index contributed by atoms with van der Waals surface area (Å²) in [5.41, 5.74) is 1.55. The van der Waals surface area contributed by atoms with Crippen molar-refractivity contribution in [2.45, 2.75) is 32.8 Å². The van der Waals surface area contributed by atoms with Crippen molar-refractivity contribution < 1.29 is 19.0 Å². The molecule has 1 aliphatic heterocycles. The van der Waals surface area contributed by atoms with E-state index < -0.39 is 0 Å². The molecule has 0 spiro atoms. The van der Waals surface area contributed by atoms with E-state index in [4.69, 9.17) is 30.8 Å². The van der Waals surface area contributed by atoms with Gasteiger partial charge in [-0.1, -0.05) is 36.7 Å². The molecule has 6 nitrogen and oxygen atoms in total. The van der Waals surface area contributed by atoms with Crippen molar-refractivity contribution in [3.05, 3.63) is 58.0 Å². The number of amides is 1. The zero-order chi connectivity index (χ0) is 23.8. The van der Waals surface area contributed by atoms with Gasteiger partial charge < -0.3 is 14.2 Å². The van der Waals surface area contributed by atoms with Gasteiger partial charge >= 0.3 is 0 Å². The number of carbonyl (C=O) groups is 1. The quantitative estimate of drug-likeness (QED) is 0.296. The molecular weight excluding hydrogens is 460 g/mol. The van der Waals surface area contributed by atoms with E-state index in [2.05, 4.69) is 0 Å². The third-order valence-electron chi connectivity index (χ3n) is 5.04. The van der Waals surface area contributed by atoms with E-state index >= 15 is 0 Å². The van der Waals surface area contributed by atoms with E-state index in [1.807, 2.05) is 56.3 Å². The lowest BCUT2D eigenvalue weighted by molar-refractivity contribution is -0.122. The van der Waals surface area contributed by atoms with Crippen LogP contribution in [0.25, 0.3) is 6.08 Å². The number of halogens is 1. The highest BCUT2D eigenvalue weighted by atomic mass is 35.5. The molecule has 3 rings (SSSR count). The first-order chi connectivity index (χ1) is 16.0. The molecule has 2 aromatic carbocycles. The monoisotopic (exact) mass is 488 g/mol. The van der Waals surface area contributed by atoms with Crippen molar-refractivity contribution in [2.75, 3.05) is 27.4 Å². The number of amidine groups is 1. The summed E-state index contributed by atoms with van der Waals surface area (Å²) in [5, 5.41) is 1.08. The Hall–Kier alpha value is -2.48. The molecule has 33 heavy (non-hydrogen) atoms. The third-order valence-corrected chi connectivity index (χ3v) is 6.33. The summed E-state index contributed by atoms with van der Waals surface area (Å²) in [6.07, 6.45) is 3.37. The van der Waals surface area contributed by atoms with Gasteiger partial charge in [0.05, 0.1) is 28.8 Å². The van der Waals surface area contributed by atoms with Crippen LogP contribution in [0.1, 0.15) is 32.3 Å². The molecule has 1 fully saturated rings. The molecule has 0 radical (unpaired) electrons. The first-order valence-corrected chi connectivity index (χ1v) is 12.0. The number of hydrogen-bond acceptors (Lipinski definition) is 6. The molecule has 8 heteroatoms. The lowest BCUT2D eigenvalue weighted by atomic mass is 10.1. The third kappa shape index (κ3) is 6.53. The molecule has 0 aliphatic carbocycles. The van der Waals surface area contributed by atoms with Crippen LogP contribution in [-0.2, 0) is 9.53 Å². The maximum Gasteiger partial charge on any atom is 0.266 e. The average molecular weight is 489 g/mol. The van der Waals surface area contributed by atoms with Gasteiger partial charge in [-0.2, -0.15) is 0 Å². The predicted molar refractivity (Wildman–Crippen MR) is 136 cm³/mol. The van der Waals surface area contributed by atoms with Gasteiger partial charge in [-0.05, 0) is 67.4 Å². The van der Waals surface area contributed by atoms with Crippen LogP contribution >= 0.6 is 23.4 Å². The van der Waals surface area contributed by atoms with Crippen molar-refractivity contribution >= 4 is 46.2 Å². The van der Waals surface area contributed by atoms with E-state index in [0.717, 1.165) is 17.7 Å². The van der Waals surface area contributed by atoms with Crippen LogP contribution in [0.5, 0.6) is 11.5 Å². The summed E-state index contributed by atoms with van der Waals surface area (Å²) in [6.45, 7) is 5.11. The van der Waals surface area contributed by atoms with Crippen LogP contribution < -0.4 is 9.47 Å². The van der Waals surface area contributed by atoms with Crippen LogP contribution in [0.3, 0.4) is 0 Å². The lowest BCUT2D eigenvalue weighted by Gasteiger charge is -2.17. The highest BCUT2D eigenvalue weighted by molar-refractivity contribution is 8.18. The molecule has 0 bridgehead atoms. The number of carbonyl (C=O) groups excluding carboxylic acids is 1. The zero-order valence-corrected chi connectivity index (χ0v) is 20.9. The number of benzene rings is 2. The van der Waals surface area contributed by atoms with Gasteiger partial charge in [-0.3, -0.25) is 9.69 Å². The fraction of sp³-hybridized carbons (Fsp3) is 0.360. The van der Waals surface area contributed by atoms with Crippen molar-refractivity contribution in [1.29, 1.82) is 0 Å². The smallest absolute Gasteiger partial charge is 0.266 e. The molecular formula is C25H29ClN2O4S. The molecule has 0 aromatic heterocycles. The summed E-state index contributed by atoms with van der Waals surface area (Å²) < 4.78 is 16.6. The Bertz CT molecular complexity index is 1030. The lowest BCUT2D eigenvalue weighted by Crippen LogP contribution is -2.30. The van der Waals surface area contributed by atoms with Gasteiger partial charge in [0.15, 0.2) is 16.7 Å². The van der Waals surface area contributed by atoms with E-state index in [9.17, 15) is 4.79 Å². The molecule has 1 heterocycles. The number of para-hydroxylation sites is 1. The highest BCUT2D eigenvalue weighted by Crippen LogP contribution is 2.40. The van der Waals surface area contributed by atoms with Crippen LogP contribution in [0.2, 0.25) is 5.02 Å². The van der Waals surface area contributed by atoms with Crippen LogP contribution in [0.15, 0.2) is 52.4 Å². The Morgan fingerprint density at radius 1 is 1.21 bits per heavy atom. The van der Waals surface area contributed by atoms with E-state index in [1.165, 1.54) is 11.8 Å². The second-order valence-corrected chi connectivity index (χ2v) is 8.93. The minimum atomic E-state index is -0.0965. The number of ether oxygens (including phenoxy) is 3. The van der Waals surface area contributed by atoms with Crippen molar-refractivity contribution in [2.24, 2.45) is 4.99 Å². The molecule has 1 saturated heterocycles. The Labute approximate surface area is 204 Å². The molecule has 1 aliphatic rings. The summed E-state index contributed by atoms with van der Waals surface area (Å²) in [4.78, 5) is 20.2. The average Bonchev–Trinajstić information content (AvgIpc) is 3.10. The van der Waals surface area contributed by atoms with E-state index in [1.54, 1.807) is 25.2 Å². The minimum absolute atomic E-state index is 0.00462. The summed E-state index contributed by atoms with van der Waals surface area (Å²) in [5.74, 6) is 0.939. The molecule has 0 saturated carbocycles. The number of hydrogen-bond donors (Lipinski definition) is 0. The van der Waals surface area contributed by atoms with Crippen molar-refractivity contribution in [3.8, 4) is 11.5 Å². The largest absolute Gasteiger partial charge is 0.493 e. The maximum absolute atomic E-state index is 13.2. The Kier molecular flexibility index (Phi) is 9.23. The van der Waals surface area contributed by atoms with Gasteiger partial charge in [-0.25, -0.2) is 4.99 Å². The molecule has 2 aromatic rings. The van der Waals surface area contributed by atoms with Gasteiger partial charge in [-0.15, -0.1) is 0 Å². The van der Waals surface area contributed by atoms with E-state index in [0.29, 0.717) is 46.2 Å². The number of rotatable bonds is 10. The van der Waals surface area contributed by atoms with Gasteiger partial charge in [0.2, 0.25) is 0 Å². The summed E-state index contributed by atoms with van der Waals surface area (Å²) in [6, 6.07) is 13.2. The second kappa shape index (κ2) is 12.1. The Morgan fingerprint density at radius 3 is 2.64 bits per heavy atom. The number of aliphatic imine (C=N–C) groups is 1. The summed E-state index contributed by atoms with van der Waals surface area (Å²) in [7, 11) is 3.22. The zero-order valence-electron chi connectivity index (χ0n) is 19.3. The standard InChI is InChI=1S/C25H29ClN2O4S/c1-5-17(2)32-23-20(26)14-18(15-21(23)31-4)16-22-24(29)28(12-9-13-30-3)25(33-22)27-19-10-7-6-8-11-19/h6-8,10-11,14-17H,5,9,12-13H2,1-4H3. The summed E-state index contributed by atoms with van der Waals surface area (Å²) >= 11 is 7.86. The fourth-order valence-corrected chi connectivity index (χ4v) is 4.43. The van der Waals surface area contributed by atoms with Crippen molar-refractivity contribution in [3.63, 3.8) is 0 Å². The van der Waals surface area contributed by atoms with Gasteiger partial charge in [0.1, 0.15) is 0 Å². The van der Waals surface area contributed by atoms with Crippen LogP contribution in [0, 0.1) is 0 Å². The predicted octanol–water partition coefficient (Wildman–Crippen LogP) is 6.17. The van der Waals surface area contributed by atoms with Crippen LogP contribution in [0.4, 0.5) is 5.69 Å². The van der Waals surface area contributed by atoms with E-state index in [-0.39, 0.29) is 12.0 Å². The van der Waals surface area contributed by atoms with Gasteiger partial charge in [0, 0.05) is 20.3 Å². The first kappa shape index (κ1) is 25.1. The molecule has 0 N–H and O–H groups in total.